The van der Waals surface area contributed by atoms with Crippen LogP contribution >= 0.6 is 0 Å². The summed E-state index contributed by atoms with van der Waals surface area (Å²) >= 11 is 0. The normalized spacial score (nSPS) is 10.2. The maximum atomic E-state index is 13.7. The Labute approximate surface area is 109 Å². The first-order valence-corrected chi connectivity index (χ1v) is 5.60. The topological polar surface area (TPSA) is 66.0 Å². The van der Waals surface area contributed by atoms with Crippen LogP contribution in [0.15, 0.2) is 30.5 Å². The van der Waals surface area contributed by atoms with E-state index in [1.165, 1.54) is 22.8 Å². The smallest absolute Gasteiger partial charge is 0.352 e. The van der Waals surface area contributed by atoms with E-state index >= 15 is 0 Å². The minimum absolute atomic E-state index is 0.0802. The van der Waals surface area contributed by atoms with Crippen molar-refractivity contribution in [3.05, 3.63) is 58.7 Å². The first-order chi connectivity index (χ1) is 9.02. The number of nitriles is 1. The second kappa shape index (κ2) is 4.94. The lowest BCUT2D eigenvalue weighted by Crippen LogP contribution is -2.11. The number of halogens is 1. The number of rotatable bonds is 3. The molecule has 0 atom stereocenters. The molecule has 0 aliphatic rings. The van der Waals surface area contributed by atoms with Gasteiger partial charge in [-0.25, -0.2) is 9.18 Å². The molecule has 1 N–H and O–H groups in total. The van der Waals surface area contributed by atoms with Gasteiger partial charge in [0.2, 0.25) is 0 Å². The highest BCUT2D eigenvalue weighted by molar-refractivity contribution is 5.87. The minimum Gasteiger partial charge on any atom is -0.477 e. The van der Waals surface area contributed by atoms with E-state index in [1.807, 2.05) is 6.07 Å². The zero-order chi connectivity index (χ0) is 14.0. The predicted molar refractivity (Wildman–Crippen MR) is 66.3 cm³/mol. The van der Waals surface area contributed by atoms with E-state index in [9.17, 15) is 9.18 Å². The number of hydrogen-bond donors (Lipinski definition) is 1. The van der Waals surface area contributed by atoms with Crippen LogP contribution in [0.4, 0.5) is 4.39 Å². The Balaban J connectivity index is 2.42. The van der Waals surface area contributed by atoms with Gasteiger partial charge < -0.3 is 9.67 Å². The molecule has 0 aliphatic heterocycles. The molecule has 1 aromatic carbocycles. The zero-order valence-electron chi connectivity index (χ0n) is 10.2. The Morgan fingerprint density at radius 3 is 2.84 bits per heavy atom. The first-order valence-electron chi connectivity index (χ1n) is 5.60. The van der Waals surface area contributed by atoms with Gasteiger partial charge in [-0.3, -0.25) is 0 Å². The molecule has 4 nitrogen and oxygen atoms in total. The van der Waals surface area contributed by atoms with Crippen molar-refractivity contribution in [2.24, 2.45) is 0 Å². The average molecular weight is 258 g/mol. The van der Waals surface area contributed by atoms with E-state index in [0.717, 1.165) is 0 Å². The van der Waals surface area contributed by atoms with Crippen LogP contribution in [0.1, 0.15) is 27.2 Å². The molecule has 2 rings (SSSR count). The van der Waals surface area contributed by atoms with Crippen molar-refractivity contribution >= 4 is 5.97 Å². The third kappa shape index (κ3) is 2.47. The summed E-state index contributed by atoms with van der Waals surface area (Å²) in [6.45, 7) is 1.76. The standard InChI is InChI=1S/C14H11FN2O2/c1-9-4-5-17(13(9)14(18)19)8-11-6-10(7-16)2-3-12(11)15/h2-6H,8H2,1H3,(H,18,19). The number of aryl methyl sites for hydroxylation is 1. The molecule has 0 bridgehead atoms. The molecule has 5 heteroatoms. The van der Waals surface area contributed by atoms with Gasteiger partial charge in [-0.15, -0.1) is 0 Å². The van der Waals surface area contributed by atoms with Crippen LogP contribution in [-0.2, 0) is 6.54 Å². The lowest BCUT2D eigenvalue weighted by Gasteiger charge is -2.08. The Hall–Kier alpha value is -2.61. The van der Waals surface area contributed by atoms with Crippen molar-refractivity contribution in [1.29, 1.82) is 5.26 Å². The second-order valence-corrected chi connectivity index (χ2v) is 4.20. The largest absolute Gasteiger partial charge is 0.477 e. The number of carboxylic acids is 1. The van der Waals surface area contributed by atoms with Gasteiger partial charge >= 0.3 is 5.97 Å². The molecule has 19 heavy (non-hydrogen) atoms. The van der Waals surface area contributed by atoms with Crippen molar-refractivity contribution < 1.29 is 14.3 Å². The lowest BCUT2D eigenvalue weighted by atomic mass is 10.1. The molecule has 0 amide bonds. The molecule has 0 saturated heterocycles. The van der Waals surface area contributed by atoms with Gasteiger partial charge in [0, 0.05) is 11.8 Å². The molecule has 96 valence electrons. The Morgan fingerprint density at radius 2 is 2.21 bits per heavy atom. The molecular formula is C14H11FN2O2. The third-order valence-corrected chi connectivity index (χ3v) is 2.88. The fourth-order valence-electron chi connectivity index (χ4n) is 1.95. The third-order valence-electron chi connectivity index (χ3n) is 2.88. The van der Waals surface area contributed by atoms with E-state index in [2.05, 4.69) is 0 Å². The molecule has 0 radical (unpaired) electrons. The molecule has 0 aliphatic carbocycles. The van der Waals surface area contributed by atoms with Crippen LogP contribution < -0.4 is 0 Å². The van der Waals surface area contributed by atoms with Gasteiger partial charge in [-0.1, -0.05) is 0 Å². The fraction of sp³-hybridized carbons (Fsp3) is 0.143. The van der Waals surface area contributed by atoms with E-state index in [0.29, 0.717) is 11.1 Å². The van der Waals surface area contributed by atoms with Crippen molar-refractivity contribution in [1.82, 2.24) is 4.57 Å². The maximum Gasteiger partial charge on any atom is 0.352 e. The SMILES string of the molecule is Cc1ccn(Cc2cc(C#N)ccc2F)c1C(=O)O. The van der Waals surface area contributed by atoms with Crippen LogP contribution in [0.5, 0.6) is 0 Å². The van der Waals surface area contributed by atoms with E-state index in [-0.39, 0.29) is 17.8 Å². The summed E-state index contributed by atoms with van der Waals surface area (Å²) in [5.74, 6) is -1.51. The number of aromatic carboxylic acids is 1. The van der Waals surface area contributed by atoms with Crippen molar-refractivity contribution in [3.63, 3.8) is 0 Å². The molecule has 1 heterocycles. The van der Waals surface area contributed by atoms with Gasteiger partial charge in [0.25, 0.3) is 0 Å². The Bertz CT molecular complexity index is 683. The highest BCUT2D eigenvalue weighted by Gasteiger charge is 2.14. The Morgan fingerprint density at radius 1 is 1.47 bits per heavy atom. The summed E-state index contributed by atoms with van der Waals surface area (Å²) in [6, 6.07) is 7.62. The van der Waals surface area contributed by atoms with E-state index in [1.54, 1.807) is 19.2 Å². The molecule has 0 fully saturated rings. The summed E-state index contributed by atoms with van der Waals surface area (Å²) in [7, 11) is 0. The Kier molecular flexibility index (Phi) is 3.34. The van der Waals surface area contributed by atoms with E-state index in [4.69, 9.17) is 10.4 Å². The van der Waals surface area contributed by atoms with Crippen molar-refractivity contribution in [3.8, 4) is 6.07 Å². The van der Waals surface area contributed by atoms with E-state index < -0.39 is 11.8 Å². The summed E-state index contributed by atoms with van der Waals surface area (Å²) in [6.07, 6.45) is 1.59. The summed E-state index contributed by atoms with van der Waals surface area (Å²) in [5, 5.41) is 17.9. The monoisotopic (exact) mass is 258 g/mol. The fourth-order valence-corrected chi connectivity index (χ4v) is 1.95. The van der Waals surface area contributed by atoms with Gasteiger partial charge in [-0.05, 0) is 36.8 Å². The zero-order valence-corrected chi connectivity index (χ0v) is 10.2. The summed E-state index contributed by atoms with van der Waals surface area (Å²) in [4.78, 5) is 11.1. The maximum absolute atomic E-state index is 13.7. The van der Waals surface area contributed by atoms with Gasteiger partial charge in [-0.2, -0.15) is 5.26 Å². The molecule has 0 unspecified atom stereocenters. The molecular weight excluding hydrogens is 247 g/mol. The predicted octanol–water partition coefficient (Wildman–Crippen LogP) is 2.55. The van der Waals surface area contributed by atoms with Crippen LogP contribution in [0.25, 0.3) is 0 Å². The van der Waals surface area contributed by atoms with Crippen LogP contribution in [0.2, 0.25) is 0 Å². The summed E-state index contributed by atoms with van der Waals surface area (Å²) in [5.41, 5.74) is 1.38. The van der Waals surface area contributed by atoms with Crippen LogP contribution in [-0.4, -0.2) is 15.6 Å². The van der Waals surface area contributed by atoms with Gasteiger partial charge in [0.15, 0.2) is 0 Å². The highest BCUT2D eigenvalue weighted by atomic mass is 19.1. The number of carboxylic acid groups (broad SMARTS) is 1. The molecule has 1 aromatic heterocycles. The molecule has 0 spiro atoms. The van der Waals surface area contributed by atoms with Crippen LogP contribution in [0, 0.1) is 24.1 Å². The molecule has 2 aromatic rings. The first kappa shape index (κ1) is 12.8. The molecule has 0 saturated carbocycles. The second-order valence-electron chi connectivity index (χ2n) is 4.20. The average Bonchev–Trinajstić information content (AvgIpc) is 2.73. The summed E-state index contributed by atoms with van der Waals surface area (Å²) < 4.78 is 15.1. The number of hydrogen-bond acceptors (Lipinski definition) is 2. The van der Waals surface area contributed by atoms with Crippen molar-refractivity contribution in [2.75, 3.05) is 0 Å². The van der Waals surface area contributed by atoms with Crippen molar-refractivity contribution in [2.45, 2.75) is 13.5 Å². The van der Waals surface area contributed by atoms with Gasteiger partial charge in [0.1, 0.15) is 11.5 Å². The highest BCUT2D eigenvalue weighted by Crippen LogP contribution is 2.16. The van der Waals surface area contributed by atoms with Gasteiger partial charge in [0.05, 0.1) is 18.2 Å². The minimum atomic E-state index is -1.06. The van der Waals surface area contributed by atoms with Crippen LogP contribution in [0.3, 0.4) is 0 Å². The number of aromatic nitrogens is 1. The number of carbonyl (C=O) groups is 1. The number of nitrogens with zero attached hydrogens (tertiary/aromatic N) is 2. The lowest BCUT2D eigenvalue weighted by molar-refractivity contribution is 0.0685. The number of benzene rings is 1. The quantitative estimate of drug-likeness (QED) is 0.920.